The third kappa shape index (κ3) is 3.00. The first-order valence-corrected chi connectivity index (χ1v) is 7.24. The van der Waals surface area contributed by atoms with Crippen LogP contribution in [0.1, 0.15) is 28.4 Å². The second kappa shape index (κ2) is 5.74. The lowest BCUT2D eigenvalue weighted by atomic mass is 9.95. The van der Waals surface area contributed by atoms with Crippen LogP contribution in [0.5, 0.6) is 0 Å². The second-order valence-corrected chi connectivity index (χ2v) is 5.66. The van der Waals surface area contributed by atoms with E-state index in [0.29, 0.717) is 5.02 Å². The molecule has 108 valence electrons. The Bertz CT molecular complexity index is 663. The minimum absolute atomic E-state index is 0.131. The van der Waals surface area contributed by atoms with Crippen molar-refractivity contribution in [2.24, 2.45) is 0 Å². The molecular formula is C16H15ClN2O2. The van der Waals surface area contributed by atoms with Crippen LogP contribution in [0, 0.1) is 10.1 Å². The highest BCUT2D eigenvalue weighted by Gasteiger charge is 2.23. The lowest BCUT2D eigenvalue weighted by Crippen LogP contribution is -2.14. The Morgan fingerprint density at radius 3 is 2.62 bits per heavy atom. The van der Waals surface area contributed by atoms with Gasteiger partial charge in [0.05, 0.1) is 5.92 Å². The van der Waals surface area contributed by atoms with E-state index >= 15 is 0 Å². The summed E-state index contributed by atoms with van der Waals surface area (Å²) < 4.78 is 0. The van der Waals surface area contributed by atoms with Gasteiger partial charge in [-0.15, -0.1) is 0 Å². The summed E-state index contributed by atoms with van der Waals surface area (Å²) in [4.78, 5) is 14.1. The van der Waals surface area contributed by atoms with Gasteiger partial charge >= 0.3 is 0 Å². The molecule has 0 saturated heterocycles. The number of aromatic nitrogens is 1. The van der Waals surface area contributed by atoms with Crippen molar-refractivity contribution in [1.29, 1.82) is 0 Å². The van der Waals surface area contributed by atoms with E-state index in [1.54, 1.807) is 12.1 Å². The van der Waals surface area contributed by atoms with E-state index in [0.717, 1.165) is 29.8 Å². The zero-order chi connectivity index (χ0) is 14.8. The molecule has 0 spiro atoms. The summed E-state index contributed by atoms with van der Waals surface area (Å²) >= 11 is 5.90. The van der Waals surface area contributed by atoms with Crippen LogP contribution in [0.15, 0.2) is 42.5 Å². The fourth-order valence-electron chi connectivity index (χ4n) is 2.76. The molecule has 0 radical (unpaired) electrons. The maximum Gasteiger partial charge on any atom is 0.216 e. The molecule has 0 bridgehead atoms. The SMILES string of the molecule is O=[N+]([O-])CC(c1ccc(Cl)cc1)c1cc2c([nH]1)CC=CC2. The Labute approximate surface area is 127 Å². The molecule has 0 saturated carbocycles. The quantitative estimate of drug-likeness (QED) is 0.531. The van der Waals surface area contributed by atoms with Crippen LogP contribution in [0.4, 0.5) is 0 Å². The zero-order valence-electron chi connectivity index (χ0n) is 11.4. The van der Waals surface area contributed by atoms with E-state index in [9.17, 15) is 10.1 Å². The number of halogens is 1. The minimum Gasteiger partial charge on any atom is -0.361 e. The van der Waals surface area contributed by atoms with Gasteiger partial charge in [0.2, 0.25) is 6.54 Å². The van der Waals surface area contributed by atoms with E-state index in [-0.39, 0.29) is 17.4 Å². The lowest BCUT2D eigenvalue weighted by molar-refractivity contribution is -0.481. The molecule has 3 rings (SSSR count). The van der Waals surface area contributed by atoms with Crippen LogP contribution in [0.2, 0.25) is 5.02 Å². The van der Waals surface area contributed by atoms with E-state index in [1.807, 2.05) is 12.1 Å². The molecule has 1 aliphatic carbocycles. The lowest BCUT2D eigenvalue weighted by Gasteiger charge is -2.12. The summed E-state index contributed by atoms with van der Waals surface area (Å²) in [5.74, 6) is -0.275. The predicted octanol–water partition coefficient (Wildman–Crippen LogP) is 3.73. The average molecular weight is 303 g/mol. The van der Waals surface area contributed by atoms with Crippen LogP contribution in [0.3, 0.4) is 0 Å². The van der Waals surface area contributed by atoms with Crippen LogP contribution >= 0.6 is 11.6 Å². The summed E-state index contributed by atoms with van der Waals surface area (Å²) in [6.07, 6.45) is 6.00. The van der Waals surface area contributed by atoms with Gasteiger partial charge in [0.1, 0.15) is 0 Å². The molecular weight excluding hydrogens is 288 g/mol. The Morgan fingerprint density at radius 1 is 1.24 bits per heavy atom. The summed E-state index contributed by atoms with van der Waals surface area (Å²) in [6, 6.07) is 9.31. The Balaban J connectivity index is 1.97. The van der Waals surface area contributed by atoms with Crippen molar-refractivity contribution in [3.8, 4) is 0 Å². The van der Waals surface area contributed by atoms with E-state index in [4.69, 9.17) is 11.6 Å². The van der Waals surface area contributed by atoms with Crippen molar-refractivity contribution in [1.82, 2.24) is 4.98 Å². The molecule has 1 atom stereocenters. The number of nitrogens with one attached hydrogen (secondary N) is 1. The largest absolute Gasteiger partial charge is 0.361 e. The summed E-state index contributed by atoms with van der Waals surface area (Å²) in [5.41, 5.74) is 4.20. The van der Waals surface area contributed by atoms with Gasteiger partial charge in [0.25, 0.3) is 0 Å². The molecule has 1 aromatic carbocycles. The number of hydrogen-bond acceptors (Lipinski definition) is 2. The first kappa shape index (κ1) is 13.9. The third-order valence-corrected chi connectivity index (χ3v) is 4.07. The molecule has 1 aliphatic rings. The molecule has 1 heterocycles. The molecule has 0 amide bonds. The van der Waals surface area contributed by atoms with Crippen molar-refractivity contribution < 1.29 is 4.92 Å². The van der Waals surface area contributed by atoms with Gasteiger partial charge in [0, 0.05) is 27.8 Å². The van der Waals surface area contributed by atoms with Gasteiger partial charge in [0.15, 0.2) is 0 Å². The van der Waals surface area contributed by atoms with Crippen molar-refractivity contribution in [2.75, 3.05) is 6.54 Å². The van der Waals surface area contributed by atoms with E-state index < -0.39 is 0 Å². The number of aromatic amines is 1. The molecule has 2 aromatic rings. The molecule has 4 nitrogen and oxygen atoms in total. The van der Waals surface area contributed by atoms with Gasteiger partial charge in [-0.05, 0) is 35.7 Å². The Hall–Kier alpha value is -2.07. The number of nitrogens with zero attached hydrogens (tertiary/aromatic N) is 1. The average Bonchev–Trinajstić information content (AvgIpc) is 2.89. The highest BCUT2D eigenvalue weighted by atomic mass is 35.5. The summed E-state index contributed by atoms with van der Waals surface area (Å²) in [6.45, 7) is -0.131. The molecule has 0 fully saturated rings. The number of hydrogen-bond donors (Lipinski definition) is 1. The smallest absolute Gasteiger partial charge is 0.216 e. The maximum absolute atomic E-state index is 11.0. The summed E-state index contributed by atoms with van der Waals surface area (Å²) in [5, 5.41) is 11.7. The Kier molecular flexibility index (Phi) is 3.80. The van der Waals surface area contributed by atoms with Crippen LogP contribution < -0.4 is 0 Å². The molecule has 0 aliphatic heterocycles. The fourth-order valence-corrected chi connectivity index (χ4v) is 2.88. The van der Waals surface area contributed by atoms with Crippen molar-refractivity contribution in [3.63, 3.8) is 0 Å². The number of nitro groups is 1. The van der Waals surface area contributed by atoms with Crippen LogP contribution in [0.25, 0.3) is 0 Å². The first-order chi connectivity index (χ1) is 10.1. The monoisotopic (exact) mass is 302 g/mol. The molecule has 1 N–H and O–H groups in total. The van der Waals surface area contributed by atoms with Gasteiger partial charge in [-0.2, -0.15) is 0 Å². The van der Waals surface area contributed by atoms with Crippen molar-refractivity contribution in [2.45, 2.75) is 18.8 Å². The van der Waals surface area contributed by atoms with Crippen LogP contribution in [-0.2, 0) is 12.8 Å². The highest BCUT2D eigenvalue weighted by molar-refractivity contribution is 6.30. The molecule has 21 heavy (non-hydrogen) atoms. The zero-order valence-corrected chi connectivity index (χ0v) is 12.1. The summed E-state index contributed by atoms with van der Waals surface area (Å²) in [7, 11) is 0. The van der Waals surface area contributed by atoms with E-state index in [2.05, 4.69) is 23.2 Å². The van der Waals surface area contributed by atoms with Crippen molar-refractivity contribution >= 4 is 11.6 Å². The third-order valence-electron chi connectivity index (χ3n) is 3.82. The van der Waals surface area contributed by atoms with Gasteiger partial charge in [-0.3, -0.25) is 10.1 Å². The number of benzene rings is 1. The Morgan fingerprint density at radius 2 is 1.95 bits per heavy atom. The highest BCUT2D eigenvalue weighted by Crippen LogP contribution is 2.29. The topological polar surface area (TPSA) is 58.9 Å². The van der Waals surface area contributed by atoms with Crippen LogP contribution in [-0.4, -0.2) is 16.5 Å². The maximum atomic E-state index is 11.0. The molecule has 1 unspecified atom stereocenters. The second-order valence-electron chi connectivity index (χ2n) is 5.23. The van der Waals surface area contributed by atoms with E-state index in [1.165, 1.54) is 5.56 Å². The molecule has 5 heteroatoms. The predicted molar refractivity (Wildman–Crippen MR) is 82.5 cm³/mol. The van der Waals surface area contributed by atoms with Gasteiger partial charge < -0.3 is 4.98 Å². The number of fused-ring (bicyclic) bond motifs is 1. The number of H-pyrrole nitrogens is 1. The number of allylic oxidation sites excluding steroid dienone is 2. The normalized spacial score (nSPS) is 14.7. The van der Waals surface area contributed by atoms with Gasteiger partial charge in [-0.25, -0.2) is 0 Å². The van der Waals surface area contributed by atoms with Crippen molar-refractivity contribution in [3.05, 3.63) is 80.1 Å². The first-order valence-electron chi connectivity index (χ1n) is 6.86. The fraction of sp³-hybridized carbons (Fsp3) is 0.250. The standard InChI is InChI=1S/C16H15ClN2O2/c17-13-7-5-11(6-8-13)14(10-19(20)21)16-9-12-3-1-2-4-15(12)18-16/h1-2,5-9,14,18H,3-4,10H2. The molecule has 1 aromatic heterocycles. The number of rotatable bonds is 4. The minimum atomic E-state index is -0.275. The van der Waals surface area contributed by atoms with Gasteiger partial charge in [-0.1, -0.05) is 35.9 Å².